The minimum Gasteiger partial charge on any atom is -0.493 e. The number of nitro benzene ring substituents is 1. The Balaban J connectivity index is 1.74. The van der Waals surface area contributed by atoms with Gasteiger partial charge in [0.2, 0.25) is 0 Å². The molecule has 0 bridgehead atoms. The number of nitriles is 1. The van der Waals surface area contributed by atoms with Crippen LogP contribution in [0.4, 0.5) is 5.69 Å². The molecule has 0 fully saturated rings. The summed E-state index contributed by atoms with van der Waals surface area (Å²) in [6.07, 6.45) is 1.47. The fourth-order valence-corrected chi connectivity index (χ4v) is 3.42. The van der Waals surface area contributed by atoms with Crippen molar-refractivity contribution in [1.82, 2.24) is 5.32 Å². The van der Waals surface area contributed by atoms with E-state index in [1.807, 2.05) is 36.4 Å². The number of ether oxygens (including phenoxy) is 2. The number of carbonyl (C=O) groups excluding carboxylic acids is 1. The van der Waals surface area contributed by atoms with Crippen LogP contribution in [0, 0.1) is 21.4 Å². The first-order valence-corrected chi connectivity index (χ1v) is 10.9. The second kappa shape index (κ2) is 11.6. The molecule has 0 aliphatic rings. The smallest absolute Gasteiger partial charge is 0.269 e. The van der Waals surface area contributed by atoms with Gasteiger partial charge in [0, 0.05) is 23.2 Å². The van der Waals surface area contributed by atoms with Crippen LogP contribution in [0.5, 0.6) is 11.5 Å². The lowest BCUT2D eigenvalue weighted by atomic mass is 10.1. The summed E-state index contributed by atoms with van der Waals surface area (Å²) in [5.74, 6) is 0.339. The highest BCUT2D eigenvalue weighted by molar-refractivity contribution is 9.10. The first kappa shape index (κ1) is 24.5. The molecule has 0 aliphatic carbocycles. The molecule has 0 heterocycles. The minimum absolute atomic E-state index is 0.00122. The van der Waals surface area contributed by atoms with Crippen LogP contribution in [0.3, 0.4) is 0 Å². The van der Waals surface area contributed by atoms with Crippen molar-refractivity contribution in [2.24, 2.45) is 0 Å². The summed E-state index contributed by atoms with van der Waals surface area (Å²) >= 11 is 3.45. The fraction of sp³-hybridized carbons (Fsp3) is 0.120. The quantitative estimate of drug-likeness (QED) is 0.180. The van der Waals surface area contributed by atoms with Gasteiger partial charge in [0.05, 0.1) is 12.0 Å². The van der Waals surface area contributed by atoms with E-state index in [9.17, 15) is 20.2 Å². The van der Waals surface area contributed by atoms with E-state index in [-0.39, 0.29) is 17.9 Å². The number of benzene rings is 3. The highest BCUT2D eigenvalue weighted by Gasteiger charge is 2.14. The topological polar surface area (TPSA) is 114 Å². The Kier molecular flexibility index (Phi) is 8.37. The highest BCUT2D eigenvalue weighted by atomic mass is 79.9. The number of nitrogens with zero attached hydrogens (tertiary/aromatic N) is 2. The second-order valence-corrected chi connectivity index (χ2v) is 7.93. The lowest BCUT2D eigenvalue weighted by molar-refractivity contribution is -0.384. The molecule has 1 amide bonds. The van der Waals surface area contributed by atoms with E-state index in [0.717, 1.165) is 11.1 Å². The first-order valence-electron chi connectivity index (χ1n) is 10.1. The summed E-state index contributed by atoms with van der Waals surface area (Å²) in [5.41, 5.74) is 2.17. The van der Waals surface area contributed by atoms with Gasteiger partial charge in [0.1, 0.15) is 18.2 Å². The number of methoxy groups -OCH3 is 1. The van der Waals surface area contributed by atoms with Crippen molar-refractivity contribution in [1.29, 1.82) is 5.26 Å². The molecule has 34 heavy (non-hydrogen) atoms. The third-order valence-electron chi connectivity index (χ3n) is 4.79. The van der Waals surface area contributed by atoms with Crippen molar-refractivity contribution in [2.75, 3.05) is 7.11 Å². The number of nitrogens with one attached hydrogen (secondary N) is 1. The standard InChI is InChI=1S/C25H20BrN3O5/c1-33-23-12-19(11-20(14-27)25(30)28-15-17-5-3-2-4-6-17)22(26)13-24(23)34-16-18-7-9-21(10-8-18)29(31)32/h2-13H,15-16H2,1H3,(H,28,30)/b20-11-. The Morgan fingerprint density at radius 2 is 1.82 bits per heavy atom. The second-order valence-electron chi connectivity index (χ2n) is 7.07. The van der Waals surface area contributed by atoms with Gasteiger partial charge in [-0.3, -0.25) is 14.9 Å². The summed E-state index contributed by atoms with van der Waals surface area (Å²) in [6, 6.07) is 20.7. The van der Waals surface area contributed by atoms with E-state index in [2.05, 4.69) is 21.2 Å². The average Bonchev–Trinajstić information content (AvgIpc) is 2.86. The minimum atomic E-state index is -0.490. The molecule has 0 spiro atoms. The fourth-order valence-electron chi connectivity index (χ4n) is 2.99. The maximum absolute atomic E-state index is 12.5. The van der Waals surface area contributed by atoms with Gasteiger partial charge in [-0.15, -0.1) is 0 Å². The normalized spacial score (nSPS) is 10.8. The summed E-state index contributed by atoms with van der Waals surface area (Å²) in [6.45, 7) is 0.472. The van der Waals surface area contributed by atoms with E-state index < -0.39 is 10.8 Å². The van der Waals surface area contributed by atoms with Crippen molar-refractivity contribution >= 4 is 33.6 Å². The number of nitro groups is 1. The van der Waals surface area contributed by atoms with Crippen molar-refractivity contribution in [3.8, 4) is 17.6 Å². The average molecular weight is 522 g/mol. The number of hydrogen-bond donors (Lipinski definition) is 1. The molecular formula is C25H20BrN3O5. The highest BCUT2D eigenvalue weighted by Crippen LogP contribution is 2.35. The van der Waals surface area contributed by atoms with Crippen LogP contribution in [0.15, 0.2) is 76.8 Å². The molecule has 3 aromatic carbocycles. The molecule has 0 saturated heterocycles. The number of non-ortho nitro benzene ring substituents is 1. The maximum Gasteiger partial charge on any atom is 0.269 e. The van der Waals surface area contributed by atoms with E-state index in [1.54, 1.807) is 24.3 Å². The van der Waals surface area contributed by atoms with Gasteiger partial charge in [0.15, 0.2) is 11.5 Å². The summed E-state index contributed by atoms with van der Waals surface area (Å²) < 4.78 is 11.8. The molecular weight excluding hydrogens is 502 g/mol. The molecule has 172 valence electrons. The molecule has 0 aromatic heterocycles. The predicted octanol–water partition coefficient (Wildman–Crippen LogP) is 5.17. The van der Waals surface area contributed by atoms with Gasteiger partial charge < -0.3 is 14.8 Å². The zero-order chi connectivity index (χ0) is 24.5. The lowest BCUT2D eigenvalue weighted by Gasteiger charge is -2.13. The summed E-state index contributed by atoms with van der Waals surface area (Å²) in [7, 11) is 1.48. The zero-order valence-electron chi connectivity index (χ0n) is 18.2. The number of halogens is 1. The van der Waals surface area contributed by atoms with Crippen molar-refractivity contribution in [3.63, 3.8) is 0 Å². The molecule has 9 heteroatoms. The number of hydrogen-bond acceptors (Lipinski definition) is 6. The number of amides is 1. The lowest BCUT2D eigenvalue weighted by Crippen LogP contribution is -2.23. The molecule has 0 saturated carbocycles. The van der Waals surface area contributed by atoms with E-state index in [0.29, 0.717) is 28.1 Å². The summed E-state index contributed by atoms with van der Waals surface area (Å²) in [5, 5.41) is 23.0. The van der Waals surface area contributed by atoms with Crippen molar-refractivity contribution in [3.05, 3.63) is 104 Å². The molecule has 3 rings (SSSR count). The van der Waals surface area contributed by atoms with Gasteiger partial charge in [0.25, 0.3) is 11.6 Å². The van der Waals surface area contributed by atoms with Crippen LogP contribution in [0.2, 0.25) is 0 Å². The Labute approximate surface area is 204 Å². The van der Waals surface area contributed by atoms with Gasteiger partial charge >= 0.3 is 0 Å². The summed E-state index contributed by atoms with van der Waals surface area (Å²) in [4.78, 5) is 22.8. The first-order chi connectivity index (χ1) is 16.4. The van der Waals surface area contributed by atoms with Crippen LogP contribution in [0.1, 0.15) is 16.7 Å². The SMILES string of the molecule is COc1cc(/C=C(/C#N)C(=O)NCc2ccccc2)c(Br)cc1OCc1ccc([N+](=O)[O-])cc1. The molecule has 0 aliphatic heterocycles. The van der Waals surface area contributed by atoms with E-state index in [4.69, 9.17) is 9.47 Å². The van der Waals surface area contributed by atoms with Gasteiger partial charge in [-0.05, 0) is 47.0 Å². The Morgan fingerprint density at radius 1 is 1.12 bits per heavy atom. The van der Waals surface area contributed by atoms with E-state index in [1.165, 1.54) is 25.3 Å². The van der Waals surface area contributed by atoms with Crippen molar-refractivity contribution in [2.45, 2.75) is 13.2 Å². The van der Waals surface area contributed by atoms with Crippen LogP contribution >= 0.6 is 15.9 Å². The third kappa shape index (κ3) is 6.43. The maximum atomic E-state index is 12.5. The molecule has 0 unspecified atom stereocenters. The molecule has 0 atom stereocenters. The monoisotopic (exact) mass is 521 g/mol. The Morgan fingerprint density at radius 3 is 2.44 bits per heavy atom. The van der Waals surface area contributed by atoms with Crippen LogP contribution in [0.25, 0.3) is 6.08 Å². The van der Waals surface area contributed by atoms with Gasteiger partial charge in [-0.25, -0.2) is 0 Å². The Hall–Kier alpha value is -4.16. The molecule has 8 nitrogen and oxygen atoms in total. The largest absolute Gasteiger partial charge is 0.493 e. The zero-order valence-corrected chi connectivity index (χ0v) is 19.7. The van der Waals surface area contributed by atoms with Gasteiger partial charge in [-0.2, -0.15) is 5.26 Å². The van der Waals surface area contributed by atoms with Crippen molar-refractivity contribution < 1.29 is 19.2 Å². The predicted molar refractivity (Wildman–Crippen MR) is 130 cm³/mol. The third-order valence-corrected chi connectivity index (χ3v) is 5.47. The Bertz CT molecular complexity index is 1250. The number of carbonyl (C=O) groups is 1. The molecule has 1 N–H and O–H groups in total. The van der Waals surface area contributed by atoms with Crippen LogP contribution < -0.4 is 14.8 Å². The molecule has 0 radical (unpaired) electrons. The van der Waals surface area contributed by atoms with E-state index >= 15 is 0 Å². The number of rotatable bonds is 9. The van der Waals surface area contributed by atoms with Crippen LogP contribution in [-0.4, -0.2) is 17.9 Å². The van der Waals surface area contributed by atoms with Gasteiger partial charge in [-0.1, -0.05) is 46.3 Å². The molecule has 3 aromatic rings. The van der Waals surface area contributed by atoms with Crippen LogP contribution in [-0.2, 0) is 17.9 Å².